The number of rotatable bonds is 5. The maximum absolute atomic E-state index is 12.2. The standard InChI is InChI=1S/C19H27N5O2.C2HF3O2/c1-22-7-3-4-17(22)18(25)20-8-15-5-6-19(26-12-15)13-24(14-19)11-16-9-21-23(2)10-16;3-2(4,5)1(6)7/h3-4,7,9-10,15H,5-6,8,11-14H2,1-2H3,(H,20,25);(H,6,7). The number of carbonyl (C=O) groups excluding carboxylic acids is 1. The van der Waals surface area contributed by atoms with E-state index in [9.17, 15) is 18.0 Å². The summed E-state index contributed by atoms with van der Waals surface area (Å²) in [4.78, 5) is 23.5. The van der Waals surface area contributed by atoms with Crippen molar-refractivity contribution < 1.29 is 32.6 Å². The van der Waals surface area contributed by atoms with E-state index in [1.165, 1.54) is 5.56 Å². The average Bonchev–Trinajstić information content (AvgIpc) is 3.33. The third kappa shape index (κ3) is 6.57. The van der Waals surface area contributed by atoms with Gasteiger partial charge >= 0.3 is 12.1 Å². The van der Waals surface area contributed by atoms with E-state index in [1.54, 1.807) is 0 Å². The van der Waals surface area contributed by atoms with E-state index >= 15 is 0 Å². The molecular formula is C21H28F3N5O4. The molecule has 0 saturated carbocycles. The van der Waals surface area contributed by atoms with E-state index in [4.69, 9.17) is 14.6 Å². The third-order valence-electron chi connectivity index (χ3n) is 5.79. The van der Waals surface area contributed by atoms with Crippen LogP contribution in [-0.2, 0) is 30.2 Å². The molecule has 33 heavy (non-hydrogen) atoms. The van der Waals surface area contributed by atoms with Crippen LogP contribution in [0.1, 0.15) is 28.9 Å². The number of carbonyl (C=O) groups is 2. The highest BCUT2D eigenvalue weighted by Crippen LogP contribution is 2.36. The summed E-state index contributed by atoms with van der Waals surface area (Å²) in [5.41, 5.74) is 1.98. The summed E-state index contributed by atoms with van der Waals surface area (Å²) in [5, 5.41) is 14.4. The number of nitrogens with one attached hydrogen (secondary N) is 1. The maximum Gasteiger partial charge on any atom is 0.490 e. The van der Waals surface area contributed by atoms with Crippen LogP contribution < -0.4 is 5.32 Å². The van der Waals surface area contributed by atoms with Crippen LogP contribution in [0, 0.1) is 5.92 Å². The molecule has 9 nitrogen and oxygen atoms in total. The molecule has 1 atom stereocenters. The summed E-state index contributed by atoms with van der Waals surface area (Å²) in [6.45, 7) is 4.33. The number of aliphatic carboxylic acids is 1. The first kappa shape index (κ1) is 24.8. The van der Waals surface area contributed by atoms with Crippen molar-refractivity contribution >= 4 is 11.9 Å². The highest BCUT2D eigenvalue weighted by molar-refractivity contribution is 5.92. The van der Waals surface area contributed by atoms with Gasteiger partial charge in [0.2, 0.25) is 0 Å². The Morgan fingerprint density at radius 3 is 2.52 bits per heavy atom. The minimum atomic E-state index is -5.08. The molecule has 2 aromatic heterocycles. The van der Waals surface area contributed by atoms with Crippen molar-refractivity contribution in [1.29, 1.82) is 0 Å². The smallest absolute Gasteiger partial charge is 0.475 e. The van der Waals surface area contributed by atoms with Crippen LogP contribution in [0.15, 0.2) is 30.7 Å². The maximum atomic E-state index is 12.2. The van der Waals surface area contributed by atoms with E-state index in [1.807, 2.05) is 47.9 Å². The fourth-order valence-corrected chi connectivity index (χ4v) is 4.04. The van der Waals surface area contributed by atoms with E-state index in [0.717, 1.165) is 39.1 Å². The van der Waals surface area contributed by atoms with Gasteiger partial charge in [-0.2, -0.15) is 18.3 Å². The Labute approximate surface area is 189 Å². The largest absolute Gasteiger partial charge is 0.490 e. The van der Waals surface area contributed by atoms with Crippen molar-refractivity contribution in [2.45, 2.75) is 31.2 Å². The number of hydrogen-bond acceptors (Lipinski definition) is 5. The zero-order chi connectivity index (χ0) is 24.2. The predicted molar refractivity (Wildman–Crippen MR) is 111 cm³/mol. The highest BCUT2D eigenvalue weighted by atomic mass is 19.4. The van der Waals surface area contributed by atoms with Gasteiger partial charge in [-0.05, 0) is 30.9 Å². The second-order valence-corrected chi connectivity index (χ2v) is 8.58. The summed E-state index contributed by atoms with van der Waals surface area (Å²) in [5.74, 6) is -2.37. The number of ether oxygens (including phenoxy) is 1. The first-order valence-corrected chi connectivity index (χ1v) is 10.5. The fraction of sp³-hybridized carbons (Fsp3) is 0.571. The van der Waals surface area contributed by atoms with Crippen LogP contribution in [0.5, 0.6) is 0 Å². The van der Waals surface area contributed by atoms with Gasteiger partial charge in [-0.15, -0.1) is 0 Å². The fourth-order valence-electron chi connectivity index (χ4n) is 4.04. The van der Waals surface area contributed by atoms with Crippen LogP contribution in [0.4, 0.5) is 13.2 Å². The first-order chi connectivity index (χ1) is 15.5. The Morgan fingerprint density at radius 1 is 1.33 bits per heavy atom. The van der Waals surface area contributed by atoms with Gasteiger partial charge in [0.15, 0.2) is 0 Å². The molecule has 1 spiro atoms. The number of aromatic nitrogens is 3. The Bertz CT molecular complexity index is 955. The van der Waals surface area contributed by atoms with Gasteiger partial charge in [-0.3, -0.25) is 14.4 Å². The molecule has 0 aliphatic carbocycles. The van der Waals surface area contributed by atoms with Crippen molar-refractivity contribution in [2.24, 2.45) is 20.0 Å². The van der Waals surface area contributed by atoms with Gasteiger partial charge in [0.1, 0.15) is 5.69 Å². The Kier molecular flexibility index (Phi) is 7.48. The molecule has 182 valence electrons. The number of hydrogen-bond donors (Lipinski definition) is 2. The minimum Gasteiger partial charge on any atom is -0.475 e. The lowest BCUT2D eigenvalue weighted by Crippen LogP contribution is -2.64. The van der Waals surface area contributed by atoms with Crippen molar-refractivity contribution in [3.05, 3.63) is 42.0 Å². The summed E-state index contributed by atoms with van der Waals surface area (Å²) in [6.07, 6.45) is 2.97. The number of likely N-dealkylation sites (tertiary alicyclic amines) is 1. The monoisotopic (exact) mass is 471 g/mol. The highest BCUT2D eigenvalue weighted by Gasteiger charge is 2.46. The predicted octanol–water partition coefficient (Wildman–Crippen LogP) is 1.80. The zero-order valence-electron chi connectivity index (χ0n) is 18.5. The molecule has 2 saturated heterocycles. The van der Waals surface area contributed by atoms with Crippen LogP contribution in [0.2, 0.25) is 0 Å². The molecule has 2 fully saturated rings. The Hall–Kier alpha value is -2.86. The number of carboxylic acids is 1. The van der Waals surface area contributed by atoms with Gasteiger partial charge in [-0.1, -0.05) is 0 Å². The lowest BCUT2D eigenvalue weighted by molar-refractivity contribution is -0.192. The van der Waals surface area contributed by atoms with Crippen LogP contribution in [-0.4, -0.2) is 74.2 Å². The molecule has 0 aromatic carbocycles. The lowest BCUT2D eigenvalue weighted by atomic mass is 9.83. The number of alkyl halides is 3. The second kappa shape index (κ2) is 9.96. The van der Waals surface area contributed by atoms with Gasteiger partial charge in [0, 0.05) is 58.2 Å². The molecule has 1 unspecified atom stereocenters. The number of aryl methyl sites for hydroxylation is 2. The van der Waals surface area contributed by atoms with Crippen molar-refractivity contribution in [3.63, 3.8) is 0 Å². The molecule has 4 heterocycles. The first-order valence-electron chi connectivity index (χ1n) is 10.5. The zero-order valence-corrected chi connectivity index (χ0v) is 18.5. The van der Waals surface area contributed by atoms with E-state index < -0.39 is 12.1 Å². The van der Waals surface area contributed by atoms with Gasteiger partial charge in [0.25, 0.3) is 5.91 Å². The van der Waals surface area contributed by atoms with E-state index in [-0.39, 0.29) is 11.5 Å². The van der Waals surface area contributed by atoms with Crippen molar-refractivity contribution in [3.8, 4) is 0 Å². The van der Waals surface area contributed by atoms with Gasteiger partial charge < -0.3 is 19.7 Å². The Balaban J connectivity index is 0.000000383. The summed E-state index contributed by atoms with van der Waals surface area (Å²) < 4.78 is 41.6. The normalized spacial score (nSPS) is 20.0. The molecule has 0 bridgehead atoms. The SMILES string of the molecule is Cn1cc(CN2CC3(CCC(CNC(=O)c4cccn4C)CO3)C2)cn1.O=C(O)C(F)(F)F. The van der Waals surface area contributed by atoms with Crippen molar-refractivity contribution in [1.82, 2.24) is 24.6 Å². The topological polar surface area (TPSA) is 102 Å². The van der Waals surface area contributed by atoms with Crippen molar-refractivity contribution in [2.75, 3.05) is 26.2 Å². The summed E-state index contributed by atoms with van der Waals surface area (Å²) in [7, 11) is 3.83. The molecule has 2 aliphatic rings. The number of amides is 1. The van der Waals surface area contributed by atoms with Gasteiger partial charge in [0.05, 0.1) is 18.4 Å². The lowest BCUT2D eigenvalue weighted by Gasteiger charge is -2.53. The van der Waals surface area contributed by atoms with Crippen LogP contribution in [0.25, 0.3) is 0 Å². The van der Waals surface area contributed by atoms with E-state index in [2.05, 4.69) is 21.5 Å². The molecule has 2 aromatic rings. The van der Waals surface area contributed by atoms with Crippen LogP contribution >= 0.6 is 0 Å². The third-order valence-corrected chi connectivity index (χ3v) is 5.79. The quantitative estimate of drug-likeness (QED) is 0.690. The molecule has 12 heteroatoms. The summed E-state index contributed by atoms with van der Waals surface area (Å²) in [6, 6.07) is 3.73. The molecular weight excluding hydrogens is 443 g/mol. The molecule has 4 rings (SSSR count). The Morgan fingerprint density at radius 2 is 2.03 bits per heavy atom. The number of halogens is 3. The molecule has 0 radical (unpaired) electrons. The van der Waals surface area contributed by atoms with Crippen LogP contribution in [0.3, 0.4) is 0 Å². The number of carboxylic acid groups (broad SMARTS) is 1. The number of nitrogens with zero attached hydrogens (tertiary/aromatic N) is 4. The average molecular weight is 471 g/mol. The van der Waals surface area contributed by atoms with E-state index in [0.29, 0.717) is 18.2 Å². The molecule has 2 aliphatic heterocycles. The second-order valence-electron chi connectivity index (χ2n) is 8.58. The molecule has 2 N–H and O–H groups in total. The molecule has 1 amide bonds. The summed E-state index contributed by atoms with van der Waals surface area (Å²) >= 11 is 0. The van der Waals surface area contributed by atoms with Gasteiger partial charge in [-0.25, -0.2) is 4.79 Å². The minimum absolute atomic E-state index is 0.0101.